The fourth-order valence-corrected chi connectivity index (χ4v) is 4.95. The van der Waals surface area contributed by atoms with Crippen LogP contribution in [-0.4, -0.2) is 72.1 Å². The Labute approximate surface area is 206 Å². The Balaban J connectivity index is 1.68. The Hall–Kier alpha value is -2.09. The van der Waals surface area contributed by atoms with Crippen molar-refractivity contribution in [2.45, 2.75) is 36.6 Å². The molecule has 0 amide bonds. The van der Waals surface area contributed by atoms with E-state index in [2.05, 4.69) is 9.97 Å². The number of hydrogen-bond acceptors (Lipinski definition) is 11. The summed E-state index contributed by atoms with van der Waals surface area (Å²) >= 11 is 12.0. The van der Waals surface area contributed by atoms with E-state index in [-0.39, 0.29) is 33.1 Å². The van der Waals surface area contributed by atoms with Gasteiger partial charge in [0.05, 0.1) is 16.5 Å². The molecule has 1 saturated carbocycles. The van der Waals surface area contributed by atoms with Crippen LogP contribution in [0.5, 0.6) is 5.75 Å². The summed E-state index contributed by atoms with van der Waals surface area (Å²) < 4.78 is 22.4. The number of H-pyrrole nitrogens is 1. The quantitative estimate of drug-likeness (QED) is 0.233. The number of phosphoric acid groups is 1. The van der Waals surface area contributed by atoms with Crippen LogP contribution < -0.4 is 15.0 Å². The number of hydrogen-bond donors (Lipinski definition) is 6. The molecule has 15 heteroatoms. The lowest BCUT2D eigenvalue weighted by Gasteiger charge is -2.43. The van der Waals surface area contributed by atoms with Crippen molar-refractivity contribution in [3.05, 3.63) is 56.8 Å². The summed E-state index contributed by atoms with van der Waals surface area (Å²) in [6, 6.07) is 8.11. The zero-order valence-corrected chi connectivity index (χ0v) is 19.8. The van der Waals surface area contributed by atoms with E-state index in [0.29, 0.717) is 5.02 Å². The van der Waals surface area contributed by atoms with E-state index in [1.54, 1.807) is 0 Å². The van der Waals surface area contributed by atoms with Crippen molar-refractivity contribution in [2.24, 2.45) is 0 Å². The Morgan fingerprint density at radius 2 is 1.49 bits per heavy atom. The Morgan fingerprint density at radius 3 is 2.14 bits per heavy atom. The van der Waals surface area contributed by atoms with Gasteiger partial charge in [-0.2, -0.15) is 0 Å². The Bertz CT molecular complexity index is 1360. The van der Waals surface area contributed by atoms with Crippen LogP contribution in [0.3, 0.4) is 0 Å². The van der Waals surface area contributed by atoms with Crippen molar-refractivity contribution in [3.63, 3.8) is 0 Å². The van der Waals surface area contributed by atoms with E-state index >= 15 is 0 Å². The van der Waals surface area contributed by atoms with Crippen LogP contribution in [0.25, 0.3) is 22.3 Å². The van der Waals surface area contributed by atoms with Gasteiger partial charge >= 0.3 is 7.82 Å². The second-order valence-electron chi connectivity index (χ2n) is 7.78. The topological polar surface area (TPSA) is 205 Å². The third kappa shape index (κ3) is 5.23. The van der Waals surface area contributed by atoms with Crippen molar-refractivity contribution >= 4 is 41.9 Å². The number of aromatic amines is 1. The minimum Gasteiger partial charge on any atom is -0.746 e. The molecule has 1 heterocycles. The van der Waals surface area contributed by atoms with Gasteiger partial charge in [-0.3, -0.25) is 9.36 Å². The van der Waals surface area contributed by atoms with Crippen LogP contribution in [0.1, 0.15) is 0 Å². The maximum atomic E-state index is 12.6. The van der Waals surface area contributed by atoms with Crippen molar-refractivity contribution in [1.82, 2.24) is 9.97 Å². The van der Waals surface area contributed by atoms with Gasteiger partial charge in [0.2, 0.25) is 0 Å². The predicted molar refractivity (Wildman–Crippen MR) is 121 cm³/mol. The zero-order chi connectivity index (χ0) is 25.7. The summed E-state index contributed by atoms with van der Waals surface area (Å²) in [7, 11) is -5.41. The van der Waals surface area contributed by atoms with Crippen LogP contribution in [0.4, 0.5) is 0 Å². The summed E-state index contributed by atoms with van der Waals surface area (Å²) in [6.45, 7) is 0. The lowest BCUT2D eigenvalue weighted by atomic mass is 9.85. The summed E-state index contributed by atoms with van der Waals surface area (Å²) in [5.74, 6) is -0.487. The second kappa shape index (κ2) is 9.75. The van der Waals surface area contributed by atoms with Gasteiger partial charge in [0.25, 0.3) is 5.56 Å². The highest BCUT2D eigenvalue weighted by atomic mass is 35.5. The number of aromatic nitrogens is 2. The third-order valence-electron chi connectivity index (χ3n) is 5.40. The molecule has 1 aliphatic rings. The van der Waals surface area contributed by atoms with Gasteiger partial charge in [-0.05, 0) is 36.4 Å². The van der Waals surface area contributed by atoms with E-state index in [1.165, 1.54) is 30.3 Å². The second-order valence-corrected chi connectivity index (χ2v) is 9.94. The summed E-state index contributed by atoms with van der Waals surface area (Å²) in [5.41, 5.74) is -0.378. The Morgan fingerprint density at radius 1 is 0.914 bits per heavy atom. The van der Waals surface area contributed by atoms with E-state index in [1.807, 2.05) is 0 Å². The maximum absolute atomic E-state index is 12.6. The van der Waals surface area contributed by atoms with Gasteiger partial charge in [0, 0.05) is 10.0 Å². The van der Waals surface area contributed by atoms with Crippen LogP contribution in [0.15, 0.2) is 41.2 Å². The number of rotatable bonds is 5. The molecule has 12 nitrogen and oxygen atoms in total. The molecule has 2 aromatic carbocycles. The fourth-order valence-electron chi connectivity index (χ4n) is 3.62. The van der Waals surface area contributed by atoms with E-state index < -0.39 is 50.0 Å². The van der Waals surface area contributed by atoms with Gasteiger partial charge in [-0.1, -0.05) is 23.2 Å². The molecule has 1 aliphatic carbocycles. The number of aliphatic hydroxyl groups excluding tert-OH is 5. The third-order valence-corrected chi connectivity index (χ3v) is 6.79. The first-order valence-corrected chi connectivity index (χ1v) is 12.2. The molecule has 35 heavy (non-hydrogen) atoms. The molecule has 6 N–H and O–H groups in total. The lowest BCUT2D eigenvalue weighted by Crippen LogP contribution is -2.64. The molecule has 0 radical (unpaired) electrons. The Kier molecular flexibility index (Phi) is 7.24. The van der Waals surface area contributed by atoms with Crippen LogP contribution in [-0.2, 0) is 9.09 Å². The minimum atomic E-state index is -5.41. The molecule has 4 rings (SSSR count). The number of phosphoric ester groups is 1. The molecular formula is C20H18Cl2N2O10P-. The maximum Gasteiger partial charge on any atom is 0.320 e. The molecular weight excluding hydrogens is 530 g/mol. The number of fused-ring (bicyclic) bond motifs is 1. The molecule has 1 fully saturated rings. The highest BCUT2D eigenvalue weighted by Crippen LogP contribution is 2.46. The number of aliphatic hydroxyl groups is 5. The van der Waals surface area contributed by atoms with Crippen molar-refractivity contribution in [1.29, 1.82) is 0 Å². The normalized spacial score (nSPS) is 28.6. The number of halogens is 2. The summed E-state index contributed by atoms with van der Waals surface area (Å²) in [4.78, 5) is 31.9. The molecule has 0 aliphatic heterocycles. The zero-order valence-electron chi connectivity index (χ0n) is 17.4. The SMILES string of the molecule is O=c1[nH]c(-c2cc(Cl)ccc2OP(=O)([O-])OC2C(O)C(O)C(O)[C@@H](O)[C@@H]2O)nc2ccc(Cl)cc12. The highest BCUT2D eigenvalue weighted by Gasteiger charge is 2.50. The number of nitrogens with one attached hydrogen (secondary N) is 1. The molecule has 7 atom stereocenters. The summed E-state index contributed by atoms with van der Waals surface area (Å²) in [5, 5.41) is 50.0. The molecule has 3 aromatic rings. The molecule has 5 unspecified atom stereocenters. The van der Waals surface area contributed by atoms with Crippen LogP contribution >= 0.6 is 31.0 Å². The smallest absolute Gasteiger partial charge is 0.320 e. The van der Waals surface area contributed by atoms with Crippen LogP contribution in [0, 0.1) is 0 Å². The summed E-state index contributed by atoms with van der Waals surface area (Å²) in [6.07, 6.45) is -12.2. The molecule has 0 bridgehead atoms. The average Bonchev–Trinajstić information content (AvgIpc) is 2.80. The first-order chi connectivity index (χ1) is 16.4. The monoisotopic (exact) mass is 547 g/mol. The van der Waals surface area contributed by atoms with Gasteiger partial charge in [0.1, 0.15) is 48.2 Å². The van der Waals surface area contributed by atoms with Crippen molar-refractivity contribution < 1.29 is 44.0 Å². The fraction of sp³-hybridized carbons (Fsp3) is 0.300. The first kappa shape index (κ1) is 26.0. The minimum absolute atomic E-state index is 0.0497. The van der Waals surface area contributed by atoms with Crippen molar-refractivity contribution in [3.8, 4) is 17.1 Å². The van der Waals surface area contributed by atoms with E-state index in [0.717, 1.165) is 6.07 Å². The highest BCUT2D eigenvalue weighted by molar-refractivity contribution is 7.46. The van der Waals surface area contributed by atoms with Gasteiger partial charge in [0.15, 0.2) is 0 Å². The van der Waals surface area contributed by atoms with Gasteiger partial charge in [-0.25, -0.2) is 4.98 Å². The largest absolute Gasteiger partial charge is 0.746 e. The molecule has 188 valence electrons. The van der Waals surface area contributed by atoms with E-state index in [4.69, 9.17) is 32.2 Å². The standard InChI is InChI=1S/C20H19Cl2N2O10P/c21-7-1-3-11-9(5-7)20(30)24-19(23-11)10-6-8(22)2-4-12(10)33-35(31,32)34-18-16(28)14(26)13(25)15(27)17(18)29/h1-6,13-18,25-29H,(H,31,32)(H,23,24,30)/p-1/t13?,14-,15?,16+,17?,18?/m1/s1. The molecule has 0 spiro atoms. The van der Waals surface area contributed by atoms with Gasteiger partial charge in [-0.15, -0.1) is 0 Å². The van der Waals surface area contributed by atoms with Crippen molar-refractivity contribution in [2.75, 3.05) is 0 Å². The molecule has 0 saturated heterocycles. The first-order valence-electron chi connectivity index (χ1n) is 9.97. The number of nitrogens with zero attached hydrogens (tertiary/aromatic N) is 1. The van der Waals surface area contributed by atoms with E-state index in [9.17, 15) is 39.8 Å². The van der Waals surface area contributed by atoms with Gasteiger partial charge < -0.3 is 44.5 Å². The molecule has 1 aromatic heterocycles. The number of benzene rings is 2. The average molecular weight is 548 g/mol. The van der Waals surface area contributed by atoms with Crippen LogP contribution in [0.2, 0.25) is 10.0 Å². The predicted octanol–water partition coefficient (Wildman–Crippen LogP) is -0.0526. The lowest BCUT2D eigenvalue weighted by molar-refractivity contribution is -0.255.